The topological polar surface area (TPSA) is 96.1 Å². The van der Waals surface area contributed by atoms with Gasteiger partial charge in [-0.05, 0) is 30.5 Å². The number of nitrogens with zero attached hydrogens (tertiary/aromatic N) is 2. The smallest absolute Gasteiger partial charge is 0.269 e. The number of β-amino-alcohol motifs (C(OH)–C–C–N with tert-alkyl or cyclic N) is 1. The molecule has 1 saturated heterocycles. The molecule has 0 spiro atoms. The fraction of sp³-hybridized carbons (Fsp3) is 0.400. The molecule has 1 atom stereocenters. The van der Waals surface area contributed by atoms with Gasteiger partial charge in [0.2, 0.25) is 0 Å². The SMILES string of the molecule is O=[N+]([O-])c1ccc(OCC(O)CN2CCC(O)(c3ccccc3)CC2)cc1. The second kappa shape index (κ2) is 8.47. The van der Waals surface area contributed by atoms with E-state index in [0.717, 1.165) is 5.56 Å². The van der Waals surface area contributed by atoms with Gasteiger partial charge in [0.15, 0.2) is 0 Å². The molecule has 2 aromatic rings. The van der Waals surface area contributed by atoms with Crippen LogP contribution in [0.1, 0.15) is 18.4 Å². The van der Waals surface area contributed by atoms with Crippen molar-refractivity contribution >= 4 is 5.69 Å². The maximum absolute atomic E-state index is 10.8. The number of hydrogen-bond donors (Lipinski definition) is 2. The molecule has 1 aliphatic heterocycles. The number of non-ortho nitro benzene ring substituents is 1. The van der Waals surface area contributed by atoms with Gasteiger partial charge in [0.25, 0.3) is 5.69 Å². The number of ether oxygens (including phenoxy) is 1. The lowest BCUT2D eigenvalue weighted by Gasteiger charge is -2.39. The Labute approximate surface area is 158 Å². The maximum Gasteiger partial charge on any atom is 0.269 e. The van der Waals surface area contributed by atoms with Gasteiger partial charge in [-0.1, -0.05) is 30.3 Å². The van der Waals surface area contributed by atoms with Crippen molar-refractivity contribution in [1.82, 2.24) is 4.90 Å². The van der Waals surface area contributed by atoms with Crippen LogP contribution in [0.2, 0.25) is 0 Å². The summed E-state index contributed by atoms with van der Waals surface area (Å²) in [6.07, 6.45) is 0.558. The van der Waals surface area contributed by atoms with Crippen LogP contribution >= 0.6 is 0 Å². The van der Waals surface area contributed by atoms with E-state index in [4.69, 9.17) is 4.74 Å². The molecular formula is C20H24N2O5. The summed E-state index contributed by atoms with van der Waals surface area (Å²) in [6.45, 7) is 1.95. The van der Waals surface area contributed by atoms with E-state index < -0.39 is 16.6 Å². The van der Waals surface area contributed by atoms with Crippen LogP contribution in [0.25, 0.3) is 0 Å². The summed E-state index contributed by atoms with van der Waals surface area (Å²) >= 11 is 0. The van der Waals surface area contributed by atoms with Gasteiger partial charge in [0.1, 0.15) is 18.5 Å². The third-order valence-corrected chi connectivity index (χ3v) is 4.95. The van der Waals surface area contributed by atoms with Crippen LogP contribution in [-0.4, -0.2) is 52.4 Å². The Morgan fingerprint density at radius 3 is 2.33 bits per heavy atom. The molecule has 144 valence electrons. The molecule has 1 aliphatic rings. The Kier molecular flexibility index (Phi) is 6.05. The Hall–Kier alpha value is -2.48. The first kappa shape index (κ1) is 19.3. The molecule has 7 heteroatoms. The van der Waals surface area contributed by atoms with E-state index in [0.29, 0.717) is 38.2 Å². The first-order chi connectivity index (χ1) is 13.0. The standard InChI is InChI=1S/C20H24N2O5/c23-18(15-27-19-8-6-17(7-9-19)22(25)26)14-21-12-10-20(24,11-13-21)16-4-2-1-3-5-16/h1-9,18,23-24H,10-15H2. The summed E-state index contributed by atoms with van der Waals surface area (Å²) in [5, 5.41) is 31.7. The summed E-state index contributed by atoms with van der Waals surface area (Å²) in [6, 6.07) is 15.5. The number of hydrogen-bond acceptors (Lipinski definition) is 6. The monoisotopic (exact) mass is 372 g/mol. The Bertz CT molecular complexity index is 743. The number of benzene rings is 2. The van der Waals surface area contributed by atoms with E-state index in [-0.39, 0.29) is 12.3 Å². The van der Waals surface area contributed by atoms with Gasteiger partial charge in [-0.2, -0.15) is 0 Å². The fourth-order valence-electron chi connectivity index (χ4n) is 3.35. The molecule has 0 saturated carbocycles. The van der Waals surface area contributed by atoms with Crippen molar-refractivity contribution in [3.63, 3.8) is 0 Å². The molecule has 1 unspecified atom stereocenters. The Morgan fingerprint density at radius 1 is 1.11 bits per heavy atom. The van der Waals surface area contributed by atoms with Crippen molar-refractivity contribution in [1.29, 1.82) is 0 Å². The highest BCUT2D eigenvalue weighted by Gasteiger charge is 2.34. The molecule has 3 rings (SSSR count). The van der Waals surface area contributed by atoms with E-state index >= 15 is 0 Å². The number of nitro benzene ring substituents is 1. The molecule has 0 aromatic heterocycles. The second-order valence-electron chi connectivity index (χ2n) is 6.91. The summed E-state index contributed by atoms with van der Waals surface area (Å²) in [5.41, 5.74) is 0.131. The van der Waals surface area contributed by atoms with Crippen molar-refractivity contribution in [2.45, 2.75) is 24.5 Å². The molecule has 7 nitrogen and oxygen atoms in total. The highest BCUT2D eigenvalue weighted by molar-refractivity contribution is 5.36. The lowest BCUT2D eigenvalue weighted by atomic mass is 9.84. The minimum absolute atomic E-state index is 0.00196. The molecule has 1 fully saturated rings. The third-order valence-electron chi connectivity index (χ3n) is 4.95. The predicted molar refractivity (Wildman–Crippen MR) is 101 cm³/mol. The largest absolute Gasteiger partial charge is 0.491 e. The minimum atomic E-state index is -0.808. The third kappa shape index (κ3) is 5.03. The molecule has 2 aromatic carbocycles. The summed E-state index contributed by atoms with van der Waals surface area (Å²) in [7, 11) is 0. The van der Waals surface area contributed by atoms with Gasteiger partial charge in [0.05, 0.1) is 10.5 Å². The first-order valence-corrected chi connectivity index (χ1v) is 9.02. The van der Waals surface area contributed by atoms with Crippen molar-refractivity contribution in [2.75, 3.05) is 26.2 Å². The number of rotatable bonds is 7. The lowest BCUT2D eigenvalue weighted by molar-refractivity contribution is -0.384. The molecule has 1 heterocycles. The zero-order valence-corrected chi connectivity index (χ0v) is 15.0. The second-order valence-corrected chi connectivity index (χ2v) is 6.91. The van der Waals surface area contributed by atoms with Gasteiger partial charge in [0, 0.05) is 31.8 Å². The van der Waals surface area contributed by atoms with Crippen LogP contribution in [0.4, 0.5) is 5.69 Å². The molecule has 2 N–H and O–H groups in total. The molecule has 0 radical (unpaired) electrons. The Morgan fingerprint density at radius 2 is 1.74 bits per heavy atom. The first-order valence-electron chi connectivity index (χ1n) is 9.02. The van der Waals surface area contributed by atoms with E-state index in [1.54, 1.807) is 0 Å². The molecule has 0 aliphatic carbocycles. The van der Waals surface area contributed by atoms with Gasteiger partial charge in [-0.3, -0.25) is 10.1 Å². The fourth-order valence-corrected chi connectivity index (χ4v) is 3.35. The van der Waals surface area contributed by atoms with Crippen LogP contribution in [-0.2, 0) is 5.60 Å². The van der Waals surface area contributed by atoms with Gasteiger partial charge in [-0.15, -0.1) is 0 Å². The van der Waals surface area contributed by atoms with E-state index in [2.05, 4.69) is 4.90 Å². The minimum Gasteiger partial charge on any atom is -0.491 e. The molecule has 27 heavy (non-hydrogen) atoms. The number of nitro groups is 1. The highest BCUT2D eigenvalue weighted by Crippen LogP contribution is 2.32. The van der Waals surface area contributed by atoms with Crippen molar-refractivity contribution in [2.24, 2.45) is 0 Å². The van der Waals surface area contributed by atoms with Crippen molar-refractivity contribution in [3.8, 4) is 5.75 Å². The average Bonchev–Trinajstić information content (AvgIpc) is 2.69. The number of likely N-dealkylation sites (tertiary alicyclic amines) is 1. The van der Waals surface area contributed by atoms with E-state index in [1.165, 1.54) is 24.3 Å². The molecular weight excluding hydrogens is 348 g/mol. The number of piperidine rings is 1. The maximum atomic E-state index is 10.8. The van der Waals surface area contributed by atoms with Crippen molar-refractivity contribution in [3.05, 3.63) is 70.3 Å². The average molecular weight is 372 g/mol. The lowest BCUT2D eigenvalue weighted by Crippen LogP contribution is -2.46. The van der Waals surface area contributed by atoms with Crippen LogP contribution in [0, 0.1) is 10.1 Å². The van der Waals surface area contributed by atoms with Crippen LogP contribution in [0.15, 0.2) is 54.6 Å². The van der Waals surface area contributed by atoms with Crippen LogP contribution < -0.4 is 4.74 Å². The zero-order chi connectivity index (χ0) is 19.3. The van der Waals surface area contributed by atoms with Gasteiger partial charge >= 0.3 is 0 Å². The van der Waals surface area contributed by atoms with Gasteiger partial charge < -0.3 is 19.8 Å². The van der Waals surface area contributed by atoms with Gasteiger partial charge in [-0.25, -0.2) is 0 Å². The quantitative estimate of drug-likeness (QED) is 0.572. The molecule has 0 bridgehead atoms. The Balaban J connectivity index is 1.44. The number of aliphatic hydroxyl groups excluding tert-OH is 1. The summed E-state index contributed by atoms with van der Waals surface area (Å²) in [4.78, 5) is 12.3. The highest BCUT2D eigenvalue weighted by atomic mass is 16.6. The van der Waals surface area contributed by atoms with E-state index in [9.17, 15) is 20.3 Å². The zero-order valence-electron chi connectivity index (χ0n) is 15.0. The molecule has 0 amide bonds. The van der Waals surface area contributed by atoms with E-state index in [1.807, 2.05) is 30.3 Å². The normalized spacial score (nSPS) is 18.0. The van der Waals surface area contributed by atoms with Crippen LogP contribution in [0.5, 0.6) is 5.75 Å². The predicted octanol–water partition coefficient (Wildman–Crippen LogP) is 2.32. The van der Waals surface area contributed by atoms with Crippen molar-refractivity contribution < 1.29 is 19.9 Å². The van der Waals surface area contributed by atoms with Crippen LogP contribution in [0.3, 0.4) is 0 Å². The summed E-state index contributed by atoms with van der Waals surface area (Å²) in [5.74, 6) is 0.483. The summed E-state index contributed by atoms with van der Waals surface area (Å²) < 4.78 is 5.51. The number of aliphatic hydroxyl groups is 2.